The third-order valence-electron chi connectivity index (χ3n) is 3.87. The van der Waals surface area contributed by atoms with Crippen molar-refractivity contribution in [2.75, 3.05) is 11.9 Å². The summed E-state index contributed by atoms with van der Waals surface area (Å²) < 4.78 is 0. The van der Waals surface area contributed by atoms with Crippen LogP contribution in [-0.2, 0) is 0 Å². The number of nitrogens with zero attached hydrogens (tertiary/aromatic N) is 1. The lowest BCUT2D eigenvalue weighted by molar-refractivity contribution is 0.101. The van der Waals surface area contributed by atoms with Crippen LogP contribution in [0.15, 0.2) is 24.3 Å². The molecule has 4 heteroatoms. The summed E-state index contributed by atoms with van der Waals surface area (Å²) in [4.78, 5) is 25.4. The Bertz CT molecular complexity index is 494. The largest absolute Gasteiger partial charge is 0.322 e. The van der Waals surface area contributed by atoms with Crippen molar-refractivity contribution in [2.24, 2.45) is 5.92 Å². The van der Waals surface area contributed by atoms with Crippen molar-refractivity contribution in [2.45, 2.75) is 39.7 Å². The highest BCUT2D eigenvalue weighted by molar-refractivity contribution is 5.95. The Hall–Kier alpha value is -1.84. The average molecular weight is 274 g/mol. The fourth-order valence-electron chi connectivity index (χ4n) is 2.72. The van der Waals surface area contributed by atoms with Gasteiger partial charge >= 0.3 is 6.03 Å². The van der Waals surface area contributed by atoms with Crippen molar-refractivity contribution in [3.05, 3.63) is 29.8 Å². The number of hydrogen-bond donors (Lipinski definition) is 1. The molecule has 1 unspecified atom stereocenters. The zero-order valence-electron chi connectivity index (χ0n) is 12.3. The smallest absolute Gasteiger partial charge is 0.321 e. The number of anilines is 1. The second kappa shape index (κ2) is 6.07. The maximum atomic E-state index is 12.3. The van der Waals surface area contributed by atoms with Crippen LogP contribution in [0.3, 0.4) is 0 Å². The molecule has 1 saturated heterocycles. The highest BCUT2D eigenvalue weighted by Crippen LogP contribution is 2.24. The highest BCUT2D eigenvalue weighted by atomic mass is 16.2. The van der Waals surface area contributed by atoms with Crippen molar-refractivity contribution >= 4 is 17.5 Å². The van der Waals surface area contributed by atoms with Gasteiger partial charge < -0.3 is 10.2 Å². The Morgan fingerprint density at radius 3 is 2.45 bits per heavy atom. The summed E-state index contributed by atoms with van der Waals surface area (Å²) in [6, 6.07) is 7.30. The van der Waals surface area contributed by atoms with Crippen molar-refractivity contribution < 1.29 is 9.59 Å². The van der Waals surface area contributed by atoms with Crippen molar-refractivity contribution in [1.82, 2.24) is 4.90 Å². The number of Topliss-reactive ketones (excluding diaryl/α,β-unsaturated/α-hetero) is 1. The maximum Gasteiger partial charge on any atom is 0.322 e. The minimum atomic E-state index is -0.0447. The van der Waals surface area contributed by atoms with Crippen LogP contribution >= 0.6 is 0 Å². The second-order valence-electron chi connectivity index (χ2n) is 5.71. The SMILES string of the molecule is CC(=O)c1ccc(NC(=O)N2CCCC2C(C)C)cc1. The van der Waals surface area contributed by atoms with E-state index in [0.717, 1.165) is 25.1 Å². The molecule has 1 aromatic carbocycles. The lowest BCUT2D eigenvalue weighted by atomic mass is 10.0. The summed E-state index contributed by atoms with van der Waals surface area (Å²) in [5.41, 5.74) is 1.39. The molecule has 1 aliphatic heterocycles. The van der Waals surface area contributed by atoms with E-state index in [4.69, 9.17) is 0 Å². The van der Waals surface area contributed by atoms with Gasteiger partial charge in [-0.3, -0.25) is 4.79 Å². The first-order valence-corrected chi connectivity index (χ1v) is 7.17. The van der Waals surface area contributed by atoms with E-state index in [2.05, 4.69) is 19.2 Å². The van der Waals surface area contributed by atoms with E-state index in [0.29, 0.717) is 17.5 Å². The third-order valence-corrected chi connectivity index (χ3v) is 3.87. The first kappa shape index (κ1) is 14.6. The molecule has 1 heterocycles. The molecule has 108 valence electrons. The summed E-state index contributed by atoms with van der Waals surface area (Å²) in [5.74, 6) is 0.505. The minimum absolute atomic E-state index is 0.0299. The van der Waals surface area contributed by atoms with E-state index < -0.39 is 0 Å². The maximum absolute atomic E-state index is 12.3. The van der Waals surface area contributed by atoms with Gasteiger partial charge in [-0.2, -0.15) is 0 Å². The van der Waals surface area contributed by atoms with Gasteiger partial charge in [0.15, 0.2) is 5.78 Å². The van der Waals surface area contributed by atoms with Gasteiger partial charge in [0.2, 0.25) is 0 Å². The Morgan fingerprint density at radius 1 is 1.25 bits per heavy atom. The van der Waals surface area contributed by atoms with Crippen LogP contribution in [0.1, 0.15) is 44.0 Å². The molecule has 0 aliphatic carbocycles. The Morgan fingerprint density at radius 2 is 1.90 bits per heavy atom. The number of benzene rings is 1. The quantitative estimate of drug-likeness (QED) is 0.857. The van der Waals surface area contributed by atoms with Crippen molar-refractivity contribution in [1.29, 1.82) is 0 Å². The molecule has 0 radical (unpaired) electrons. The van der Waals surface area contributed by atoms with Crippen LogP contribution in [0.2, 0.25) is 0 Å². The topological polar surface area (TPSA) is 49.4 Å². The van der Waals surface area contributed by atoms with Gasteiger partial charge in [-0.1, -0.05) is 13.8 Å². The van der Waals surface area contributed by atoms with Gasteiger partial charge in [-0.05, 0) is 49.9 Å². The van der Waals surface area contributed by atoms with Crippen LogP contribution in [0, 0.1) is 5.92 Å². The van der Waals surface area contributed by atoms with Gasteiger partial charge in [0.05, 0.1) is 0 Å². The summed E-state index contributed by atoms with van der Waals surface area (Å²) in [6.07, 6.45) is 2.15. The fraction of sp³-hybridized carbons (Fsp3) is 0.500. The van der Waals surface area contributed by atoms with E-state index in [1.165, 1.54) is 6.92 Å². The van der Waals surface area contributed by atoms with E-state index in [1.807, 2.05) is 4.90 Å². The van der Waals surface area contributed by atoms with Gasteiger partial charge in [-0.25, -0.2) is 4.79 Å². The van der Waals surface area contributed by atoms with E-state index in [1.54, 1.807) is 24.3 Å². The first-order valence-electron chi connectivity index (χ1n) is 7.17. The van der Waals surface area contributed by atoms with Crippen molar-refractivity contribution in [3.63, 3.8) is 0 Å². The molecule has 0 saturated carbocycles. The molecule has 1 atom stereocenters. The highest BCUT2D eigenvalue weighted by Gasteiger charge is 2.30. The van der Waals surface area contributed by atoms with Crippen LogP contribution in [0.4, 0.5) is 10.5 Å². The number of carbonyl (C=O) groups is 2. The predicted octanol–water partition coefficient (Wildman–Crippen LogP) is 3.54. The summed E-state index contributed by atoms with van der Waals surface area (Å²) in [5, 5.41) is 2.91. The number of carbonyl (C=O) groups excluding carboxylic acids is 2. The molecular weight excluding hydrogens is 252 g/mol. The molecule has 0 aromatic heterocycles. The minimum Gasteiger partial charge on any atom is -0.321 e. The molecule has 0 spiro atoms. The molecule has 1 N–H and O–H groups in total. The van der Waals surface area contributed by atoms with Crippen molar-refractivity contribution in [3.8, 4) is 0 Å². The van der Waals surface area contributed by atoms with Gasteiger partial charge in [0.25, 0.3) is 0 Å². The standard InChI is InChI=1S/C16H22N2O2/c1-11(2)15-5-4-10-18(15)16(20)17-14-8-6-13(7-9-14)12(3)19/h6-9,11,15H,4-5,10H2,1-3H3,(H,17,20). The normalized spacial score (nSPS) is 18.4. The number of amides is 2. The zero-order chi connectivity index (χ0) is 14.7. The van der Waals surface area contributed by atoms with E-state index >= 15 is 0 Å². The molecule has 4 nitrogen and oxygen atoms in total. The number of likely N-dealkylation sites (tertiary alicyclic amines) is 1. The number of urea groups is 1. The Kier molecular flexibility index (Phi) is 4.42. The molecule has 2 amide bonds. The van der Waals surface area contributed by atoms with Crippen LogP contribution in [0.5, 0.6) is 0 Å². The first-order chi connectivity index (χ1) is 9.49. The average Bonchev–Trinajstić information content (AvgIpc) is 2.88. The van der Waals surface area contributed by atoms with Gasteiger partial charge in [0.1, 0.15) is 0 Å². The molecule has 0 bridgehead atoms. The molecular formula is C16H22N2O2. The summed E-state index contributed by atoms with van der Waals surface area (Å²) in [7, 11) is 0. The summed E-state index contributed by atoms with van der Waals surface area (Å²) >= 11 is 0. The van der Waals surface area contributed by atoms with E-state index in [9.17, 15) is 9.59 Å². The number of ketones is 1. The predicted molar refractivity (Wildman–Crippen MR) is 80.0 cm³/mol. The molecule has 1 aromatic rings. The van der Waals surface area contributed by atoms with E-state index in [-0.39, 0.29) is 11.8 Å². The lowest BCUT2D eigenvalue weighted by Crippen LogP contribution is -2.41. The number of nitrogens with one attached hydrogen (secondary N) is 1. The van der Waals surface area contributed by atoms with Crippen LogP contribution < -0.4 is 5.32 Å². The fourth-order valence-corrected chi connectivity index (χ4v) is 2.72. The third kappa shape index (κ3) is 3.18. The monoisotopic (exact) mass is 274 g/mol. The lowest BCUT2D eigenvalue weighted by Gasteiger charge is -2.27. The Labute approximate surface area is 120 Å². The van der Waals surface area contributed by atoms with Crippen LogP contribution in [-0.4, -0.2) is 29.3 Å². The zero-order valence-corrected chi connectivity index (χ0v) is 12.3. The molecule has 1 aliphatic rings. The Balaban J connectivity index is 2.02. The number of rotatable bonds is 3. The molecule has 1 fully saturated rings. The van der Waals surface area contributed by atoms with Gasteiger partial charge in [-0.15, -0.1) is 0 Å². The second-order valence-corrected chi connectivity index (χ2v) is 5.71. The van der Waals surface area contributed by atoms with Gasteiger partial charge in [0, 0.05) is 23.8 Å². The number of hydrogen-bond acceptors (Lipinski definition) is 2. The molecule has 2 rings (SSSR count). The van der Waals surface area contributed by atoms with Crippen LogP contribution in [0.25, 0.3) is 0 Å². The summed E-state index contributed by atoms with van der Waals surface area (Å²) in [6.45, 7) is 6.65. The molecule has 20 heavy (non-hydrogen) atoms.